The van der Waals surface area contributed by atoms with Gasteiger partial charge in [0, 0.05) is 61.1 Å². The summed E-state index contributed by atoms with van der Waals surface area (Å²) >= 11 is 0. The molecule has 13 heteroatoms. The molecule has 270 valence electrons. The number of rotatable bonds is 14. The fourth-order valence-corrected chi connectivity index (χ4v) is 8.78. The second kappa shape index (κ2) is 13.9. The number of ether oxygens (including phenoxy) is 3. The van der Waals surface area contributed by atoms with Crippen molar-refractivity contribution in [1.29, 1.82) is 0 Å². The van der Waals surface area contributed by atoms with Gasteiger partial charge in [-0.2, -0.15) is 5.10 Å². The van der Waals surface area contributed by atoms with Gasteiger partial charge in [-0.3, -0.25) is 14.3 Å². The van der Waals surface area contributed by atoms with Gasteiger partial charge in [0.2, 0.25) is 11.6 Å². The lowest BCUT2D eigenvalue weighted by molar-refractivity contribution is -0.787. The zero-order chi connectivity index (χ0) is 35.3. The van der Waals surface area contributed by atoms with Crippen molar-refractivity contribution in [2.45, 2.75) is 104 Å². The smallest absolute Gasteiger partial charge is 0.276 e. The Hall–Kier alpha value is -2.56. The largest absolute Gasteiger partial charge is 0.506 e. The number of hydrogen-bond donors (Lipinski definition) is 2. The van der Waals surface area contributed by atoms with E-state index < -0.39 is 16.1 Å². The molecular formula is C36H59N6O5Si2+. The van der Waals surface area contributed by atoms with Crippen molar-refractivity contribution in [2.24, 2.45) is 11.3 Å². The number of carbonyl (C=O) groups excluding carboxylic acids is 1. The van der Waals surface area contributed by atoms with Gasteiger partial charge in [-0.05, 0) is 49.3 Å². The summed E-state index contributed by atoms with van der Waals surface area (Å²) in [7, 11) is -0.728. The Morgan fingerprint density at radius 1 is 1.14 bits per heavy atom. The summed E-state index contributed by atoms with van der Waals surface area (Å²) in [6, 6.07) is 5.50. The Morgan fingerprint density at radius 3 is 2.49 bits per heavy atom. The van der Waals surface area contributed by atoms with E-state index >= 15 is 0 Å². The molecule has 6 rings (SSSR count). The summed E-state index contributed by atoms with van der Waals surface area (Å²) in [6.07, 6.45) is 3.24. The Balaban J connectivity index is 1.37. The molecule has 2 aliphatic carbocycles. The van der Waals surface area contributed by atoms with E-state index in [2.05, 4.69) is 65.5 Å². The first-order valence-corrected chi connectivity index (χ1v) is 25.6. The third-order valence-electron chi connectivity index (χ3n) is 10.9. The first-order chi connectivity index (χ1) is 23.0. The number of anilines is 1. The molecule has 11 nitrogen and oxygen atoms in total. The number of nitrogens with one attached hydrogen (secondary N) is 1. The molecule has 0 unspecified atom stereocenters. The molecule has 0 radical (unpaired) electrons. The maximum atomic E-state index is 13.7. The van der Waals surface area contributed by atoms with E-state index in [9.17, 15) is 9.90 Å². The summed E-state index contributed by atoms with van der Waals surface area (Å²) in [4.78, 5) is 22.6. The van der Waals surface area contributed by atoms with Gasteiger partial charge in [0.05, 0.1) is 36.9 Å². The molecule has 2 N–H and O–H groups in total. The van der Waals surface area contributed by atoms with E-state index in [4.69, 9.17) is 19.2 Å². The van der Waals surface area contributed by atoms with Crippen LogP contribution in [0.3, 0.4) is 0 Å². The minimum Gasteiger partial charge on any atom is -0.506 e. The number of carbonyl (C=O) groups is 1. The highest BCUT2D eigenvalue weighted by Crippen LogP contribution is 2.59. The van der Waals surface area contributed by atoms with Crippen LogP contribution in [-0.2, 0) is 45.3 Å². The van der Waals surface area contributed by atoms with Crippen molar-refractivity contribution in [3.63, 3.8) is 0 Å². The Labute approximate surface area is 293 Å². The second-order valence-corrected chi connectivity index (χ2v) is 28.6. The average molecular weight is 712 g/mol. The SMILES string of the molecule is C[C@@H](C(=O)N(C)c1cc(O)c2nc(-c3[nH][n+](COCC[Si](C)(C)C)c4c3C[C@@H]3C[C@]3(C)C4)n(COCC[Si](C)(C)C)c2c1)N1CCOCC1. The Kier molecular flexibility index (Phi) is 10.3. The number of benzene rings is 1. The van der Waals surface area contributed by atoms with Crippen LogP contribution in [0.15, 0.2) is 12.1 Å². The zero-order valence-corrected chi connectivity index (χ0v) is 33.3. The van der Waals surface area contributed by atoms with E-state index in [0.29, 0.717) is 55.8 Å². The molecule has 3 heterocycles. The lowest BCUT2D eigenvalue weighted by Gasteiger charge is -2.33. The minimum absolute atomic E-state index is 0.0283. The van der Waals surface area contributed by atoms with Crippen LogP contribution in [0.25, 0.3) is 22.6 Å². The van der Waals surface area contributed by atoms with Crippen molar-refractivity contribution in [3.8, 4) is 17.3 Å². The number of phenolic OH excluding ortho intramolecular Hbond substituents is 1. The van der Waals surface area contributed by atoms with E-state index in [1.54, 1.807) is 18.0 Å². The molecule has 49 heavy (non-hydrogen) atoms. The number of imidazole rings is 1. The number of likely N-dealkylation sites (N-methyl/N-ethyl adjacent to an activating group) is 1. The Morgan fingerprint density at radius 2 is 1.82 bits per heavy atom. The summed E-state index contributed by atoms with van der Waals surface area (Å²) in [6.45, 7) is 23.4. The van der Waals surface area contributed by atoms with Gasteiger partial charge >= 0.3 is 0 Å². The van der Waals surface area contributed by atoms with E-state index in [1.807, 2.05) is 13.0 Å². The maximum absolute atomic E-state index is 13.7. The molecule has 1 saturated carbocycles. The van der Waals surface area contributed by atoms with E-state index in [1.165, 1.54) is 17.7 Å². The number of aromatic nitrogens is 4. The van der Waals surface area contributed by atoms with Gasteiger partial charge in [0.25, 0.3) is 6.73 Å². The second-order valence-electron chi connectivity index (χ2n) is 17.4. The molecule has 3 atom stereocenters. The topological polar surface area (TPSA) is 109 Å². The van der Waals surface area contributed by atoms with Gasteiger partial charge in [-0.1, -0.05) is 50.9 Å². The van der Waals surface area contributed by atoms with Gasteiger partial charge in [-0.15, -0.1) is 0 Å². The monoisotopic (exact) mass is 711 g/mol. The van der Waals surface area contributed by atoms with Crippen molar-refractivity contribution in [2.75, 3.05) is 51.5 Å². The van der Waals surface area contributed by atoms with Crippen molar-refractivity contribution in [1.82, 2.24) is 19.5 Å². The van der Waals surface area contributed by atoms with Crippen LogP contribution in [0.2, 0.25) is 51.4 Å². The predicted octanol–water partition coefficient (Wildman–Crippen LogP) is 5.46. The van der Waals surface area contributed by atoms with Crippen LogP contribution < -0.4 is 9.58 Å². The molecule has 1 saturated heterocycles. The number of morpholine rings is 1. The maximum Gasteiger partial charge on any atom is 0.276 e. The van der Waals surface area contributed by atoms with Crippen LogP contribution in [0.5, 0.6) is 5.75 Å². The summed E-state index contributed by atoms with van der Waals surface area (Å²) in [5.41, 5.74) is 5.76. The predicted molar refractivity (Wildman–Crippen MR) is 198 cm³/mol. The molecule has 0 bridgehead atoms. The molecule has 2 fully saturated rings. The number of phenols is 1. The van der Waals surface area contributed by atoms with Crippen LogP contribution in [0, 0.1) is 11.3 Å². The van der Waals surface area contributed by atoms with Gasteiger partial charge in [-0.25, -0.2) is 4.98 Å². The van der Waals surface area contributed by atoms with Gasteiger partial charge < -0.3 is 24.2 Å². The third kappa shape index (κ3) is 8.02. The summed E-state index contributed by atoms with van der Waals surface area (Å²) < 4.78 is 22.4. The van der Waals surface area contributed by atoms with Crippen LogP contribution in [0.4, 0.5) is 5.69 Å². The van der Waals surface area contributed by atoms with Crippen molar-refractivity contribution < 1.29 is 28.8 Å². The van der Waals surface area contributed by atoms with Crippen LogP contribution in [0.1, 0.15) is 31.5 Å². The zero-order valence-electron chi connectivity index (χ0n) is 31.3. The minimum atomic E-state index is -1.30. The third-order valence-corrected chi connectivity index (χ3v) is 14.3. The van der Waals surface area contributed by atoms with Crippen molar-refractivity contribution in [3.05, 3.63) is 23.4 Å². The van der Waals surface area contributed by atoms with Crippen LogP contribution >= 0.6 is 0 Å². The lowest BCUT2D eigenvalue weighted by atomic mass is 9.87. The number of aromatic amines is 1. The number of aromatic hydroxyl groups is 1. The van der Waals surface area contributed by atoms with Crippen LogP contribution in [-0.4, -0.2) is 99.3 Å². The Bertz CT molecular complexity index is 1670. The highest BCUT2D eigenvalue weighted by molar-refractivity contribution is 6.76. The summed E-state index contributed by atoms with van der Waals surface area (Å²) in [5.74, 6) is 1.42. The molecule has 0 spiro atoms. The fourth-order valence-electron chi connectivity index (χ4n) is 7.26. The number of H-pyrrole nitrogens is 1. The highest BCUT2D eigenvalue weighted by Gasteiger charge is 2.56. The first kappa shape index (κ1) is 36.2. The molecule has 2 aromatic heterocycles. The molecule has 1 aliphatic heterocycles. The molecule has 1 amide bonds. The standard InChI is InChI=1S/C36H58N6O5Si2/c1-25(40-10-12-45-13-11-40)35(44)39(3)27-19-29-33(31(43)20-27)37-34(41(29)23-46-14-16-48(4,5)6)32-28-18-26-21-36(26,2)22-30(28)42(38-32)24-47-15-17-49(7,8)9/h19-20,25-26H,10-18,21-24H2,1-9H3,(H,38,43)/p+1/t25-,26+,36+/m0/s1. The number of nitrogens with zero attached hydrogens (tertiary/aromatic N) is 5. The molecule has 1 aromatic carbocycles. The number of hydrogen-bond acceptors (Lipinski definition) is 7. The quantitative estimate of drug-likeness (QED) is 0.130. The van der Waals surface area contributed by atoms with E-state index in [-0.39, 0.29) is 17.7 Å². The van der Waals surface area contributed by atoms with Gasteiger partial charge in [0.1, 0.15) is 23.7 Å². The highest BCUT2D eigenvalue weighted by atomic mass is 28.3. The normalized spacial score (nSPS) is 21.9. The first-order valence-electron chi connectivity index (χ1n) is 18.2. The van der Waals surface area contributed by atoms with Crippen molar-refractivity contribution >= 4 is 38.8 Å². The van der Waals surface area contributed by atoms with Gasteiger partial charge in [0.15, 0.2) is 5.82 Å². The van der Waals surface area contributed by atoms with E-state index in [0.717, 1.165) is 61.7 Å². The summed E-state index contributed by atoms with van der Waals surface area (Å²) in [5, 5.41) is 15.2. The lowest BCUT2D eigenvalue weighted by Crippen LogP contribution is -2.50. The number of fused-ring (bicyclic) bond motifs is 3. The average Bonchev–Trinajstić information content (AvgIpc) is 3.39. The fraction of sp³-hybridized carbons (Fsp3) is 0.694. The number of amides is 1. The molecular weight excluding hydrogens is 653 g/mol. The molecule has 3 aromatic rings. The molecule has 3 aliphatic rings.